The van der Waals surface area contributed by atoms with Crippen molar-refractivity contribution in [3.63, 3.8) is 0 Å². The van der Waals surface area contributed by atoms with Gasteiger partial charge in [0.15, 0.2) is 83.2 Å². The number of rotatable bonds is 21. The van der Waals surface area contributed by atoms with Crippen molar-refractivity contribution in [3.05, 3.63) is 88.6 Å². The molecule has 7 aliphatic rings. The Kier molecular flexibility index (Phi) is 34.3. The van der Waals surface area contributed by atoms with E-state index in [1.54, 1.807) is 49.5 Å². The van der Waals surface area contributed by atoms with Crippen LogP contribution in [0.4, 0.5) is 0 Å². The van der Waals surface area contributed by atoms with Gasteiger partial charge in [-0.05, 0) is 83.0 Å². The van der Waals surface area contributed by atoms with E-state index in [0.717, 1.165) is 12.8 Å². The maximum atomic E-state index is 11.8. The van der Waals surface area contributed by atoms with Crippen LogP contribution in [-0.2, 0) is 100 Å². The Labute approximate surface area is 523 Å². The first-order valence-electron chi connectivity index (χ1n) is 30.3. The average molecular weight is 1250 g/mol. The maximum Gasteiger partial charge on any atom is 0.317 e. The lowest BCUT2D eigenvalue weighted by molar-refractivity contribution is -0.148. The summed E-state index contributed by atoms with van der Waals surface area (Å²) in [5.41, 5.74) is -0.317. The largest absolute Gasteiger partial charge is 0.454 e. The van der Waals surface area contributed by atoms with Gasteiger partial charge in [-0.2, -0.15) is 0 Å². The highest BCUT2D eigenvalue weighted by Gasteiger charge is 2.49. The van der Waals surface area contributed by atoms with Crippen molar-refractivity contribution in [2.45, 2.75) is 196 Å². The molecule has 0 saturated carbocycles. The molecule has 0 aromatic heterocycles. The molecular weight excluding hydrogens is 1150 g/mol. The van der Waals surface area contributed by atoms with Crippen LogP contribution < -0.4 is 0 Å². The molecule has 7 fully saturated rings. The number of ether oxygens (including phenoxy) is 7. The number of carbonyl (C=O) groups excluding carboxylic acids is 14. The number of hydrogen-bond donors (Lipinski definition) is 0. The summed E-state index contributed by atoms with van der Waals surface area (Å²) in [6.45, 7) is 44.9. The minimum absolute atomic E-state index is 0.0614. The zero-order valence-corrected chi connectivity index (χ0v) is 53.8. The second-order valence-electron chi connectivity index (χ2n) is 23.6. The van der Waals surface area contributed by atoms with Crippen molar-refractivity contribution >= 4 is 82.3 Å². The maximum absolute atomic E-state index is 11.8. The van der Waals surface area contributed by atoms with Crippen molar-refractivity contribution in [2.24, 2.45) is 58.7 Å². The van der Waals surface area contributed by atoms with Crippen molar-refractivity contribution in [1.29, 1.82) is 0 Å². The summed E-state index contributed by atoms with van der Waals surface area (Å²) in [7, 11) is 0. The fourth-order valence-corrected chi connectivity index (χ4v) is 9.69. The molecule has 14 atom stereocenters. The normalized spacial score (nSPS) is 28.1. The topological polar surface area (TPSA) is 304 Å². The lowest BCUT2D eigenvalue weighted by Crippen LogP contribution is -2.33. The van der Waals surface area contributed by atoms with Gasteiger partial charge in [-0.3, -0.25) is 67.1 Å². The van der Waals surface area contributed by atoms with E-state index < -0.39 is 114 Å². The van der Waals surface area contributed by atoms with Gasteiger partial charge < -0.3 is 33.2 Å². The summed E-state index contributed by atoms with van der Waals surface area (Å²) < 4.78 is 34.4. The van der Waals surface area contributed by atoms with Crippen LogP contribution in [0.15, 0.2) is 88.6 Å². The number of carbonyl (C=O) groups is 14. The first-order chi connectivity index (χ1) is 41.8. The zero-order chi connectivity index (χ0) is 68.2. The Morgan fingerprint density at radius 3 is 0.820 bits per heavy atom. The lowest BCUT2D eigenvalue weighted by Gasteiger charge is -2.23. The molecule has 492 valence electrons. The van der Waals surface area contributed by atoms with Gasteiger partial charge in [0, 0.05) is 5.41 Å². The van der Waals surface area contributed by atoms with E-state index in [2.05, 4.69) is 46.1 Å². The second kappa shape index (κ2) is 38.5. The molecule has 0 aromatic carbocycles. The summed E-state index contributed by atoms with van der Waals surface area (Å²) >= 11 is 0. The standard InChI is InChI=1S/C11H16O3.4C10H14O3.C9H12O3.C8H10O3/c1-5-6-7-8(12)9(11(2,3)4)14-10(7)13;2*1-4-5-7-8(11)9(6(2)3)13-10(7)12;2*1-3-5-7-9(11)8(6-4-2)13-10(7)12;1-3-5-6-8(10)7(4-2)12-9(6)11;1-3-4-6-7(9)5(2)11-8(6)10/h5,7,9H,1,6H2,2-4H3;2*4,6-7,9H,1,5H2,2-3H3;2*3,7-8H,1,4-6H2,2H3;3,6-7H,1,4-5H2,2H3;3,5-6H,1,4H2,2H3/t7-,9-;7-,9+;7-,9-;7-,8+;7-,8-;6-,7+;5-,6+/m0111110/s1. The second-order valence-corrected chi connectivity index (χ2v) is 23.6. The summed E-state index contributed by atoms with van der Waals surface area (Å²) in [4.78, 5) is 158. The molecule has 0 N–H and O–H groups in total. The zero-order valence-electron chi connectivity index (χ0n) is 53.8. The van der Waals surface area contributed by atoms with Crippen LogP contribution in [0.25, 0.3) is 0 Å². The van der Waals surface area contributed by atoms with Crippen LogP contribution in [0.1, 0.15) is 153 Å². The van der Waals surface area contributed by atoms with Crippen molar-refractivity contribution in [2.75, 3.05) is 0 Å². The Hall–Kier alpha value is -7.84. The van der Waals surface area contributed by atoms with Gasteiger partial charge in [-0.1, -0.05) is 125 Å². The third-order valence-electron chi connectivity index (χ3n) is 14.6. The van der Waals surface area contributed by atoms with Gasteiger partial charge in [-0.25, -0.2) is 0 Å². The van der Waals surface area contributed by atoms with E-state index >= 15 is 0 Å². The van der Waals surface area contributed by atoms with Gasteiger partial charge >= 0.3 is 41.8 Å². The van der Waals surface area contributed by atoms with Gasteiger partial charge in [-0.15, -0.1) is 46.1 Å². The highest BCUT2D eigenvalue weighted by atomic mass is 16.6. The van der Waals surface area contributed by atoms with Crippen LogP contribution in [0.3, 0.4) is 0 Å². The molecule has 0 unspecified atom stereocenters. The molecule has 0 aromatic rings. The third-order valence-corrected chi connectivity index (χ3v) is 14.6. The molecule has 0 amide bonds. The minimum Gasteiger partial charge on any atom is -0.454 e. The molecular formula is C68H94O21. The monoisotopic (exact) mass is 1250 g/mol. The summed E-state index contributed by atoms with van der Waals surface area (Å²) in [6, 6.07) is 0. The molecule has 0 radical (unpaired) electrons. The predicted molar refractivity (Wildman–Crippen MR) is 327 cm³/mol. The van der Waals surface area contributed by atoms with E-state index in [9.17, 15) is 67.1 Å². The first-order valence-corrected chi connectivity index (χ1v) is 30.3. The Bertz CT molecular complexity index is 2550. The molecule has 0 aliphatic carbocycles. The quantitative estimate of drug-likeness (QED) is 0.0447. The molecule has 7 rings (SSSR count). The van der Waals surface area contributed by atoms with Crippen LogP contribution >= 0.6 is 0 Å². The lowest BCUT2D eigenvalue weighted by atomic mass is 9.84. The molecule has 7 aliphatic heterocycles. The molecule has 21 heteroatoms. The van der Waals surface area contributed by atoms with Crippen LogP contribution in [0.5, 0.6) is 0 Å². The van der Waals surface area contributed by atoms with Crippen molar-refractivity contribution < 1.29 is 100 Å². The van der Waals surface area contributed by atoms with Gasteiger partial charge in [0.05, 0.1) is 0 Å². The number of Topliss-reactive ketones (excluding diaryl/α,β-unsaturated/α-hetero) is 7. The number of cyclic esters (lactones) is 7. The van der Waals surface area contributed by atoms with Gasteiger partial charge in [0.2, 0.25) is 0 Å². The van der Waals surface area contributed by atoms with Crippen LogP contribution in [0.2, 0.25) is 0 Å². The highest BCUT2D eigenvalue weighted by Crippen LogP contribution is 2.33. The third kappa shape index (κ3) is 22.6. The van der Waals surface area contributed by atoms with Crippen LogP contribution in [0, 0.1) is 58.7 Å². The van der Waals surface area contributed by atoms with Crippen LogP contribution in [-0.4, -0.2) is 125 Å². The van der Waals surface area contributed by atoms with Crippen molar-refractivity contribution in [1.82, 2.24) is 0 Å². The van der Waals surface area contributed by atoms with E-state index in [-0.39, 0.29) is 69.7 Å². The Morgan fingerprint density at radius 2 is 0.596 bits per heavy atom. The molecule has 0 spiro atoms. The molecule has 7 heterocycles. The van der Waals surface area contributed by atoms with E-state index in [1.807, 2.05) is 69.2 Å². The molecule has 7 saturated heterocycles. The van der Waals surface area contributed by atoms with Gasteiger partial charge in [0.1, 0.15) is 41.4 Å². The molecule has 21 nitrogen and oxygen atoms in total. The fourth-order valence-electron chi connectivity index (χ4n) is 9.69. The number of esters is 7. The number of allylic oxidation sites excluding steroid dienone is 7. The SMILES string of the molecule is C=CC[C@@H]1C(=O)O[C@H](C(C)(C)C)C1=O.C=CC[C@H]1C(=O)O[C@@H](C(C)C)C1=O.C=CC[C@H]1C(=O)O[C@@H](C)C1=O.C=CC[C@H]1C(=O)O[C@@H](CC)C1=O.C=CC[C@H]1C(=O)O[C@@H](CCC)C1=O.C=CC[C@H]1C(=O)O[C@H](C(C)C)C1=O.C=CC[C@H]1C(=O)O[C@H](CCC)C1=O. The Balaban J connectivity index is 0.000000520. The first kappa shape index (κ1) is 79.2. The number of ketones is 7. The van der Waals surface area contributed by atoms with E-state index in [0.29, 0.717) is 64.2 Å². The van der Waals surface area contributed by atoms with E-state index in [4.69, 9.17) is 33.2 Å². The fraction of sp³-hybridized carbons (Fsp3) is 0.588. The predicted octanol–water partition coefficient (Wildman–Crippen LogP) is 9.10. The summed E-state index contributed by atoms with van der Waals surface area (Å²) in [5, 5.41) is 0. The van der Waals surface area contributed by atoms with Gasteiger partial charge in [0.25, 0.3) is 0 Å². The summed E-state index contributed by atoms with van der Waals surface area (Å²) in [6.07, 6.45) is 13.6. The Morgan fingerprint density at radius 1 is 0.348 bits per heavy atom. The smallest absolute Gasteiger partial charge is 0.317 e. The van der Waals surface area contributed by atoms with E-state index in [1.165, 1.54) is 0 Å². The number of hydrogen-bond acceptors (Lipinski definition) is 21. The summed E-state index contributed by atoms with van der Waals surface area (Å²) in [5.74, 6) is -7.55. The minimum atomic E-state index is -0.628. The molecule has 0 bridgehead atoms. The highest BCUT2D eigenvalue weighted by molar-refractivity contribution is 6.10. The average Bonchev–Trinajstić information content (AvgIpc) is 3.27. The molecule has 89 heavy (non-hydrogen) atoms. The van der Waals surface area contributed by atoms with Crippen molar-refractivity contribution in [3.8, 4) is 0 Å².